The molecule has 94 valence electrons. The van der Waals surface area contributed by atoms with Crippen LogP contribution >= 0.6 is 34.2 Å². The second-order valence-corrected chi connectivity index (χ2v) is 5.48. The molecule has 0 spiro atoms. The van der Waals surface area contributed by atoms with E-state index >= 15 is 0 Å². The van der Waals surface area contributed by atoms with E-state index < -0.39 is 5.38 Å². The van der Waals surface area contributed by atoms with Gasteiger partial charge in [-0.25, -0.2) is 4.39 Å². The van der Waals surface area contributed by atoms with E-state index in [0.29, 0.717) is 11.3 Å². The number of rotatable bonds is 3. The van der Waals surface area contributed by atoms with Crippen LogP contribution in [0.15, 0.2) is 42.5 Å². The summed E-state index contributed by atoms with van der Waals surface area (Å²) < 4.78 is 20.0. The van der Waals surface area contributed by atoms with Crippen LogP contribution in [0.1, 0.15) is 16.5 Å². The highest BCUT2D eigenvalue weighted by molar-refractivity contribution is 14.1. The highest BCUT2D eigenvalue weighted by Crippen LogP contribution is 2.32. The van der Waals surface area contributed by atoms with Crippen LogP contribution < -0.4 is 4.74 Å². The summed E-state index contributed by atoms with van der Waals surface area (Å²) in [6, 6.07) is 12.4. The molecule has 0 aliphatic carbocycles. The molecule has 0 radical (unpaired) electrons. The zero-order chi connectivity index (χ0) is 13.1. The van der Waals surface area contributed by atoms with Crippen molar-refractivity contribution in [3.05, 3.63) is 63.0 Å². The third-order valence-corrected chi connectivity index (χ3v) is 3.85. The standard InChI is InChI=1S/C14H11ClFIO/c1-18-11-6-7-12(13(16)8-11)14(15)9-2-4-10(17)5-3-9/h2-8,14H,1H3. The first-order valence-corrected chi connectivity index (χ1v) is 6.86. The van der Waals surface area contributed by atoms with E-state index in [-0.39, 0.29) is 5.82 Å². The van der Waals surface area contributed by atoms with E-state index in [0.717, 1.165) is 9.13 Å². The lowest BCUT2D eigenvalue weighted by molar-refractivity contribution is 0.410. The van der Waals surface area contributed by atoms with Crippen LogP contribution in [0.3, 0.4) is 0 Å². The Kier molecular flexibility index (Phi) is 4.45. The average Bonchev–Trinajstić information content (AvgIpc) is 2.38. The Hall–Kier alpha value is -0.810. The molecule has 1 unspecified atom stereocenters. The van der Waals surface area contributed by atoms with Crippen molar-refractivity contribution in [2.45, 2.75) is 5.38 Å². The van der Waals surface area contributed by atoms with Gasteiger partial charge in [0.15, 0.2) is 0 Å². The third-order valence-electron chi connectivity index (χ3n) is 2.64. The summed E-state index contributed by atoms with van der Waals surface area (Å²) in [4.78, 5) is 0. The summed E-state index contributed by atoms with van der Waals surface area (Å²) in [5.41, 5.74) is 1.33. The number of hydrogen-bond donors (Lipinski definition) is 0. The van der Waals surface area contributed by atoms with Crippen LogP contribution in [0.4, 0.5) is 4.39 Å². The fourth-order valence-electron chi connectivity index (χ4n) is 1.65. The van der Waals surface area contributed by atoms with Gasteiger partial charge in [0, 0.05) is 15.2 Å². The molecule has 1 atom stereocenters. The van der Waals surface area contributed by atoms with Crippen LogP contribution in [-0.2, 0) is 0 Å². The Balaban J connectivity index is 2.33. The van der Waals surface area contributed by atoms with E-state index in [4.69, 9.17) is 16.3 Å². The first-order chi connectivity index (χ1) is 8.61. The van der Waals surface area contributed by atoms with Gasteiger partial charge in [-0.1, -0.05) is 18.2 Å². The van der Waals surface area contributed by atoms with Crippen molar-refractivity contribution in [3.63, 3.8) is 0 Å². The lowest BCUT2D eigenvalue weighted by Gasteiger charge is -2.12. The summed E-state index contributed by atoms with van der Waals surface area (Å²) in [6.07, 6.45) is 0. The Morgan fingerprint density at radius 1 is 1.17 bits per heavy atom. The van der Waals surface area contributed by atoms with Crippen molar-refractivity contribution in [2.75, 3.05) is 7.11 Å². The second-order valence-electron chi connectivity index (χ2n) is 3.80. The maximum atomic E-state index is 13.9. The number of halogens is 3. The third kappa shape index (κ3) is 2.95. The molecule has 18 heavy (non-hydrogen) atoms. The van der Waals surface area contributed by atoms with E-state index in [2.05, 4.69) is 22.6 Å². The molecule has 0 saturated heterocycles. The van der Waals surface area contributed by atoms with Gasteiger partial charge < -0.3 is 4.74 Å². The van der Waals surface area contributed by atoms with Crippen molar-refractivity contribution in [3.8, 4) is 5.75 Å². The van der Waals surface area contributed by atoms with E-state index in [9.17, 15) is 4.39 Å². The number of benzene rings is 2. The molecule has 0 aliphatic rings. The van der Waals surface area contributed by atoms with Gasteiger partial charge in [-0.05, 0) is 46.4 Å². The molecule has 2 aromatic carbocycles. The smallest absolute Gasteiger partial charge is 0.131 e. The molecule has 4 heteroatoms. The van der Waals surface area contributed by atoms with Gasteiger partial charge in [-0.15, -0.1) is 11.6 Å². The van der Waals surface area contributed by atoms with E-state index in [1.807, 2.05) is 24.3 Å². The molecular weight excluding hydrogens is 366 g/mol. The van der Waals surface area contributed by atoms with Crippen LogP contribution in [-0.4, -0.2) is 7.11 Å². The van der Waals surface area contributed by atoms with Gasteiger partial charge in [0.05, 0.1) is 12.5 Å². The number of methoxy groups -OCH3 is 1. The highest BCUT2D eigenvalue weighted by Gasteiger charge is 2.15. The van der Waals surface area contributed by atoms with Crippen LogP contribution in [0.25, 0.3) is 0 Å². The molecule has 0 heterocycles. The Morgan fingerprint density at radius 2 is 1.83 bits per heavy atom. The van der Waals surface area contributed by atoms with E-state index in [1.165, 1.54) is 13.2 Å². The monoisotopic (exact) mass is 376 g/mol. The van der Waals surface area contributed by atoms with Gasteiger partial charge in [0.25, 0.3) is 0 Å². The summed E-state index contributed by atoms with van der Waals surface area (Å²) >= 11 is 8.52. The minimum absolute atomic E-state index is 0.354. The zero-order valence-corrected chi connectivity index (χ0v) is 12.6. The summed E-state index contributed by atoms with van der Waals surface area (Å²) in [5.74, 6) is 0.135. The van der Waals surface area contributed by atoms with E-state index in [1.54, 1.807) is 12.1 Å². The highest BCUT2D eigenvalue weighted by atomic mass is 127. The van der Waals surface area contributed by atoms with Crippen molar-refractivity contribution in [2.24, 2.45) is 0 Å². The van der Waals surface area contributed by atoms with Crippen LogP contribution in [0.5, 0.6) is 5.75 Å². The molecule has 2 rings (SSSR count). The topological polar surface area (TPSA) is 9.23 Å². The Bertz CT molecular complexity index is 542. The van der Waals surface area contributed by atoms with Crippen LogP contribution in [0.2, 0.25) is 0 Å². The average molecular weight is 377 g/mol. The molecule has 0 amide bonds. The molecule has 0 saturated carbocycles. The van der Waals surface area contributed by atoms with Crippen molar-refractivity contribution in [1.29, 1.82) is 0 Å². The predicted octanol–water partition coefficient (Wildman–Crippen LogP) is 4.77. The fraction of sp³-hybridized carbons (Fsp3) is 0.143. The summed E-state index contributed by atoms with van der Waals surface area (Å²) in [7, 11) is 1.51. The molecule has 0 aromatic heterocycles. The minimum Gasteiger partial charge on any atom is -0.497 e. The van der Waals surface area contributed by atoms with Crippen LogP contribution in [0, 0.1) is 9.39 Å². The summed E-state index contributed by atoms with van der Waals surface area (Å²) in [6.45, 7) is 0. The second kappa shape index (κ2) is 5.89. The van der Waals surface area contributed by atoms with Gasteiger partial charge in [-0.2, -0.15) is 0 Å². The molecule has 2 aromatic rings. The number of hydrogen-bond acceptors (Lipinski definition) is 1. The maximum absolute atomic E-state index is 13.9. The van der Waals surface area contributed by atoms with Crippen molar-refractivity contribution < 1.29 is 9.13 Å². The summed E-state index contributed by atoms with van der Waals surface area (Å²) in [5, 5.41) is -0.493. The van der Waals surface area contributed by atoms with Gasteiger partial charge in [-0.3, -0.25) is 0 Å². The zero-order valence-electron chi connectivity index (χ0n) is 9.66. The predicted molar refractivity (Wildman–Crippen MR) is 79.8 cm³/mol. The largest absolute Gasteiger partial charge is 0.497 e. The first kappa shape index (κ1) is 13.6. The molecule has 0 aliphatic heterocycles. The fourth-order valence-corrected chi connectivity index (χ4v) is 2.33. The Morgan fingerprint density at radius 3 is 2.39 bits per heavy atom. The SMILES string of the molecule is COc1ccc(C(Cl)c2ccc(I)cc2)c(F)c1. The molecule has 0 fully saturated rings. The first-order valence-electron chi connectivity index (χ1n) is 5.35. The molecule has 0 bridgehead atoms. The minimum atomic E-state index is -0.493. The maximum Gasteiger partial charge on any atom is 0.131 e. The molecule has 1 nitrogen and oxygen atoms in total. The number of alkyl halides is 1. The van der Waals surface area contributed by atoms with Crippen molar-refractivity contribution in [1.82, 2.24) is 0 Å². The molecule has 0 N–H and O–H groups in total. The normalized spacial score (nSPS) is 12.2. The van der Waals surface area contributed by atoms with Crippen molar-refractivity contribution >= 4 is 34.2 Å². The van der Waals surface area contributed by atoms with Gasteiger partial charge in [0.2, 0.25) is 0 Å². The lowest BCUT2D eigenvalue weighted by atomic mass is 10.0. The molecular formula is C14H11ClFIO. The lowest BCUT2D eigenvalue weighted by Crippen LogP contribution is -1.98. The van der Waals surface area contributed by atoms with Gasteiger partial charge in [0.1, 0.15) is 11.6 Å². The Labute approximate surface area is 124 Å². The van der Waals surface area contributed by atoms with Gasteiger partial charge >= 0.3 is 0 Å². The quantitative estimate of drug-likeness (QED) is 0.554. The number of ether oxygens (including phenoxy) is 1.